The minimum atomic E-state index is 0.0265. The Labute approximate surface area is 114 Å². The van der Waals surface area contributed by atoms with Crippen LogP contribution in [0.5, 0.6) is 11.8 Å². The fraction of sp³-hybridized carbons (Fsp3) is 0.714. The molecule has 0 radical (unpaired) electrons. The zero-order valence-electron chi connectivity index (χ0n) is 11.9. The molecular formula is C14H23N3O2. The molecule has 1 fully saturated rings. The van der Waals surface area contributed by atoms with Gasteiger partial charge in [0.1, 0.15) is 12.4 Å². The predicted molar refractivity (Wildman–Crippen MR) is 74.3 cm³/mol. The van der Waals surface area contributed by atoms with Gasteiger partial charge in [-0.25, -0.2) is 0 Å². The molecule has 5 heteroatoms. The summed E-state index contributed by atoms with van der Waals surface area (Å²) in [5.74, 6) is 1.39. The van der Waals surface area contributed by atoms with E-state index in [1.807, 2.05) is 13.8 Å². The van der Waals surface area contributed by atoms with Gasteiger partial charge in [0.05, 0.1) is 6.10 Å². The fourth-order valence-electron chi connectivity index (χ4n) is 2.38. The lowest BCUT2D eigenvalue weighted by Gasteiger charge is -2.29. The molecule has 1 aromatic heterocycles. The van der Waals surface area contributed by atoms with Crippen LogP contribution in [0.2, 0.25) is 0 Å². The van der Waals surface area contributed by atoms with Crippen molar-refractivity contribution in [2.45, 2.75) is 58.7 Å². The first-order chi connectivity index (χ1) is 9.08. The third-order valence-corrected chi connectivity index (χ3v) is 3.45. The Morgan fingerprint density at radius 3 is 2.58 bits per heavy atom. The summed E-state index contributed by atoms with van der Waals surface area (Å²) in [7, 11) is 0. The lowest BCUT2D eigenvalue weighted by atomic mass is 9.88. The second-order valence-electron chi connectivity index (χ2n) is 5.48. The summed E-state index contributed by atoms with van der Waals surface area (Å²) in [5.41, 5.74) is 6.42. The van der Waals surface area contributed by atoms with Gasteiger partial charge in [-0.3, -0.25) is 0 Å². The van der Waals surface area contributed by atoms with Crippen LogP contribution >= 0.6 is 0 Å². The molecule has 0 aliphatic heterocycles. The molecule has 1 saturated carbocycles. The third kappa shape index (κ3) is 3.49. The van der Waals surface area contributed by atoms with E-state index in [0.29, 0.717) is 23.4 Å². The van der Waals surface area contributed by atoms with Crippen molar-refractivity contribution in [1.29, 1.82) is 0 Å². The average Bonchev–Trinajstić information content (AvgIpc) is 2.36. The number of nitrogen functional groups attached to an aromatic ring is 1. The van der Waals surface area contributed by atoms with Crippen LogP contribution in [0.25, 0.3) is 0 Å². The summed E-state index contributed by atoms with van der Waals surface area (Å²) in [6, 6.07) is 0. The monoisotopic (exact) mass is 265 g/mol. The number of nitrogens with two attached hydrogens (primary N) is 1. The standard InChI is InChI=1S/C14H23N3O2/c1-9(2)18-13-12(15)14(17-8-16-13)19-11-7-5-4-6-10(11)3/h8-11H,4-7,15H2,1-3H3. The van der Waals surface area contributed by atoms with Gasteiger partial charge in [-0.2, -0.15) is 9.97 Å². The highest BCUT2D eigenvalue weighted by Crippen LogP contribution is 2.32. The van der Waals surface area contributed by atoms with Gasteiger partial charge in [0.2, 0.25) is 11.8 Å². The maximum atomic E-state index is 6.02. The summed E-state index contributed by atoms with van der Waals surface area (Å²) < 4.78 is 11.5. The number of ether oxygens (including phenoxy) is 2. The first-order valence-corrected chi connectivity index (χ1v) is 7.01. The number of nitrogens with zero attached hydrogens (tertiary/aromatic N) is 2. The van der Waals surface area contributed by atoms with Crippen molar-refractivity contribution in [2.75, 3.05) is 5.73 Å². The first-order valence-electron chi connectivity index (χ1n) is 7.01. The van der Waals surface area contributed by atoms with Gasteiger partial charge in [0, 0.05) is 0 Å². The normalized spacial score (nSPS) is 23.4. The molecule has 106 valence electrons. The Morgan fingerprint density at radius 1 is 1.21 bits per heavy atom. The Bertz CT molecular complexity index is 423. The molecule has 0 saturated heterocycles. The Hall–Kier alpha value is -1.52. The lowest BCUT2D eigenvalue weighted by Crippen LogP contribution is -2.29. The molecule has 1 heterocycles. The van der Waals surface area contributed by atoms with Crippen molar-refractivity contribution in [3.05, 3.63) is 6.33 Å². The minimum Gasteiger partial charge on any atom is -0.473 e. The van der Waals surface area contributed by atoms with E-state index in [9.17, 15) is 0 Å². The molecule has 0 aromatic carbocycles. The van der Waals surface area contributed by atoms with Crippen molar-refractivity contribution < 1.29 is 9.47 Å². The molecule has 0 spiro atoms. The zero-order chi connectivity index (χ0) is 13.8. The van der Waals surface area contributed by atoms with Gasteiger partial charge >= 0.3 is 0 Å². The van der Waals surface area contributed by atoms with Gasteiger partial charge in [0.15, 0.2) is 5.69 Å². The smallest absolute Gasteiger partial charge is 0.244 e. The zero-order valence-corrected chi connectivity index (χ0v) is 11.9. The summed E-state index contributed by atoms with van der Waals surface area (Å²) in [6.45, 7) is 6.09. The third-order valence-electron chi connectivity index (χ3n) is 3.45. The van der Waals surface area contributed by atoms with E-state index in [4.69, 9.17) is 15.2 Å². The molecule has 1 aromatic rings. The van der Waals surface area contributed by atoms with Crippen LogP contribution in [0.3, 0.4) is 0 Å². The number of aromatic nitrogens is 2. The molecule has 2 unspecified atom stereocenters. The summed E-state index contributed by atoms with van der Waals surface area (Å²) in [5, 5.41) is 0. The minimum absolute atomic E-state index is 0.0265. The van der Waals surface area contributed by atoms with Crippen LogP contribution in [0, 0.1) is 5.92 Å². The van der Waals surface area contributed by atoms with Gasteiger partial charge in [-0.05, 0) is 39.0 Å². The van der Waals surface area contributed by atoms with Crippen LogP contribution in [-0.2, 0) is 0 Å². The molecule has 2 atom stereocenters. The van der Waals surface area contributed by atoms with Crippen LogP contribution in [-0.4, -0.2) is 22.2 Å². The fourth-order valence-corrected chi connectivity index (χ4v) is 2.38. The number of anilines is 1. The quantitative estimate of drug-likeness (QED) is 0.906. The van der Waals surface area contributed by atoms with E-state index in [0.717, 1.165) is 6.42 Å². The largest absolute Gasteiger partial charge is 0.473 e. The van der Waals surface area contributed by atoms with Crippen molar-refractivity contribution in [3.63, 3.8) is 0 Å². The van der Waals surface area contributed by atoms with E-state index < -0.39 is 0 Å². The molecule has 1 aliphatic carbocycles. The maximum absolute atomic E-state index is 6.02. The number of hydrogen-bond acceptors (Lipinski definition) is 5. The number of rotatable bonds is 4. The second-order valence-corrected chi connectivity index (χ2v) is 5.48. The highest BCUT2D eigenvalue weighted by molar-refractivity contribution is 5.55. The molecule has 2 rings (SSSR count). The van der Waals surface area contributed by atoms with Crippen molar-refractivity contribution in [3.8, 4) is 11.8 Å². The average molecular weight is 265 g/mol. The topological polar surface area (TPSA) is 70.3 Å². The molecule has 0 amide bonds. The van der Waals surface area contributed by atoms with Crippen molar-refractivity contribution in [1.82, 2.24) is 9.97 Å². The van der Waals surface area contributed by atoms with Gasteiger partial charge in [0.25, 0.3) is 0 Å². The highest BCUT2D eigenvalue weighted by Gasteiger charge is 2.25. The Balaban J connectivity index is 2.11. The molecular weight excluding hydrogens is 242 g/mol. The Kier molecular flexibility index (Phi) is 4.45. The first kappa shape index (κ1) is 13.9. The SMILES string of the molecule is CC(C)Oc1ncnc(OC2CCCCC2C)c1N. The van der Waals surface area contributed by atoms with E-state index in [-0.39, 0.29) is 12.2 Å². The molecule has 1 aliphatic rings. The van der Waals surface area contributed by atoms with Crippen LogP contribution in [0.4, 0.5) is 5.69 Å². The van der Waals surface area contributed by atoms with E-state index in [1.165, 1.54) is 25.6 Å². The summed E-state index contributed by atoms with van der Waals surface area (Å²) in [4.78, 5) is 8.19. The van der Waals surface area contributed by atoms with Crippen LogP contribution in [0.15, 0.2) is 6.33 Å². The van der Waals surface area contributed by atoms with E-state index in [2.05, 4.69) is 16.9 Å². The maximum Gasteiger partial charge on any atom is 0.244 e. The van der Waals surface area contributed by atoms with Crippen LogP contribution < -0.4 is 15.2 Å². The van der Waals surface area contributed by atoms with Gasteiger partial charge in [-0.1, -0.05) is 13.3 Å². The summed E-state index contributed by atoms with van der Waals surface area (Å²) in [6.07, 6.45) is 6.40. The van der Waals surface area contributed by atoms with Gasteiger partial charge in [-0.15, -0.1) is 0 Å². The molecule has 5 nitrogen and oxygen atoms in total. The molecule has 19 heavy (non-hydrogen) atoms. The second kappa shape index (κ2) is 6.08. The number of hydrogen-bond donors (Lipinski definition) is 1. The Morgan fingerprint density at radius 2 is 1.89 bits per heavy atom. The highest BCUT2D eigenvalue weighted by atomic mass is 16.5. The van der Waals surface area contributed by atoms with Crippen molar-refractivity contribution in [2.24, 2.45) is 5.92 Å². The molecule has 0 bridgehead atoms. The van der Waals surface area contributed by atoms with E-state index in [1.54, 1.807) is 0 Å². The van der Waals surface area contributed by atoms with E-state index >= 15 is 0 Å². The predicted octanol–water partition coefficient (Wildman–Crippen LogP) is 2.80. The summed E-state index contributed by atoms with van der Waals surface area (Å²) >= 11 is 0. The lowest BCUT2D eigenvalue weighted by molar-refractivity contribution is 0.0976. The molecule has 2 N–H and O–H groups in total. The van der Waals surface area contributed by atoms with Crippen molar-refractivity contribution >= 4 is 5.69 Å². The van der Waals surface area contributed by atoms with Gasteiger partial charge < -0.3 is 15.2 Å². The van der Waals surface area contributed by atoms with Crippen LogP contribution in [0.1, 0.15) is 46.5 Å².